The van der Waals surface area contributed by atoms with Crippen molar-refractivity contribution in [3.63, 3.8) is 0 Å². The number of carbonyl (C=O) groups is 2. The molecule has 0 radical (unpaired) electrons. The van der Waals surface area contributed by atoms with E-state index in [4.69, 9.17) is 16.7 Å². The lowest BCUT2D eigenvalue weighted by Crippen LogP contribution is -2.32. The van der Waals surface area contributed by atoms with Gasteiger partial charge >= 0.3 is 5.97 Å². The minimum absolute atomic E-state index is 0.105. The first-order valence-corrected chi connectivity index (χ1v) is 7.34. The summed E-state index contributed by atoms with van der Waals surface area (Å²) in [6, 6.07) is 4.32. The predicted octanol–water partition coefficient (Wildman–Crippen LogP) is 2.67. The number of hydrogen-bond acceptors (Lipinski definition) is 3. The molecule has 0 atom stereocenters. The largest absolute Gasteiger partial charge is 0.507 e. The second kappa shape index (κ2) is 6.80. The molecule has 1 aromatic carbocycles. The van der Waals surface area contributed by atoms with Gasteiger partial charge in [0.05, 0.1) is 11.5 Å². The SMILES string of the molecule is O=C(NCC1CCC(C(=O)O)CC1)c1cc(Cl)ccc1O. The van der Waals surface area contributed by atoms with Crippen molar-refractivity contribution in [2.45, 2.75) is 25.7 Å². The number of halogens is 1. The lowest BCUT2D eigenvalue weighted by atomic mass is 9.82. The van der Waals surface area contributed by atoms with Crippen LogP contribution >= 0.6 is 11.6 Å². The molecular formula is C15H18ClNO4. The molecule has 1 amide bonds. The zero-order chi connectivity index (χ0) is 15.4. The first-order chi connectivity index (χ1) is 9.97. The monoisotopic (exact) mass is 311 g/mol. The normalized spacial score (nSPS) is 21.8. The topological polar surface area (TPSA) is 86.6 Å². The molecule has 21 heavy (non-hydrogen) atoms. The third kappa shape index (κ3) is 4.11. The molecular weight excluding hydrogens is 294 g/mol. The fraction of sp³-hybridized carbons (Fsp3) is 0.467. The number of carboxylic acid groups (broad SMARTS) is 1. The molecule has 1 aliphatic carbocycles. The first-order valence-electron chi connectivity index (χ1n) is 6.97. The van der Waals surface area contributed by atoms with Crippen molar-refractivity contribution in [2.75, 3.05) is 6.54 Å². The fourth-order valence-corrected chi connectivity index (χ4v) is 2.81. The molecule has 0 saturated heterocycles. The molecule has 0 unspecified atom stereocenters. The van der Waals surface area contributed by atoms with E-state index in [1.807, 2.05) is 0 Å². The van der Waals surface area contributed by atoms with Crippen molar-refractivity contribution in [1.82, 2.24) is 5.32 Å². The lowest BCUT2D eigenvalue weighted by molar-refractivity contribution is -0.143. The van der Waals surface area contributed by atoms with Crippen LogP contribution in [0.3, 0.4) is 0 Å². The third-order valence-corrected chi connectivity index (χ3v) is 4.19. The van der Waals surface area contributed by atoms with Crippen molar-refractivity contribution < 1.29 is 19.8 Å². The molecule has 5 nitrogen and oxygen atoms in total. The summed E-state index contributed by atoms with van der Waals surface area (Å²) in [6.45, 7) is 0.483. The molecule has 0 aromatic heterocycles. The number of rotatable bonds is 4. The highest BCUT2D eigenvalue weighted by atomic mass is 35.5. The van der Waals surface area contributed by atoms with Gasteiger partial charge < -0.3 is 15.5 Å². The summed E-state index contributed by atoms with van der Waals surface area (Å²) in [4.78, 5) is 22.9. The summed E-state index contributed by atoms with van der Waals surface area (Å²) in [5.74, 6) is -1.18. The molecule has 1 aromatic rings. The molecule has 2 rings (SSSR count). The molecule has 1 fully saturated rings. The van der Waals surface area contributed by atoms with Gasteiger partial charge in [0.2, 0.25) is 0 Å². The Hall–Kier alpha value is -1.75. The van der Waals surface area contributed by atoms with Crippen LogP contribution in [0.25, 0.3) is 0 Å². The summed E-state index contributed by atoms with van der Waals surface area (Å²) in [5.41, 5.74) is 0.154. The van der Waals surface area contributed by atoms with E-state index in [1.165, 1.54) is 18.2 Å². The van der Waals surface area contributed by atoms with E-state index in [1.54, 1.807) is 0 Å². The molecule has 0 heterocycles. The summed E-state index contributed by atoms with van der Waals surface area (Å²) in [7, 11) is 0. The second-order valence-corrected chi connectivity index (χ2v) is 5.86. The predicted molar refractivity (Wildman–Crippen MR) is 78.5 cm³/mol. The Morgan fingerprint density at radius 1 is 1.24 bits per heavy atom. The maximum atomic E-state index is 12.0. The number of carbonyl (C=O) groups excluding carboxylic acids is 1. The summed E-state index contributed by atoms with van der Waals surface area (Å²) < 4.78 is 0. The summed E-state index contributed by atoms with van der Waals surface area (Å²) in [5, 5.41) is 21.8. The number of aliphatic carboxylic acids is 1. The van der Waals surface area contributed by atoms with Crippen LogP contribution < -0.4 is 5.32 Å². The number of nitrogens with one attached hydrogen (secondary N) is 1. The van der Waals surface area contributed by atoms with Crippen LogP contribution in [0.4, 0.5) is 0 Å². The number of phenols is 1. The van der Waals surface area contributed by atoms with Crippen molar-refractivity contribution in [3.05, 3.63) is 28.8 Å². The van der Waals surface area contributed by atoms with Gasteiger partial charge in [-0.2, -0.15) is 0 Å². The van der Waals surface area contributed by atoms with Crippen LogP contribution in [-0.4, -0.2) is 28.6 Å². The molecule has 1 aliphatic rings. The van der Waals surface area contributed by atoms with Crippen LogP contribution in [0.15, 0.2) is 18.2 Å². The molecule has 6 heteroatoms. The van der Waals surface area contributed by atoms with Crippen LogP contribution in [0.5, 0.6) is 5.75 Å². The molecule has 0 bridgehead atoms. The van der Waals surface area contributed by atoms with Gasteiger partial charge in [-0.1, -0.05) is 11.6 Å². The number of aromatic hydroxyl groups is 1. The molecule has 0 spiro atoms. The Morgan fingerprint density at radius 3 is 2.52 bits per heavy atom. The average molecular weight is 312 g/mol. The van der Waals surface area contributed by atoms with E-state index in [2.05, 4.69) is 5.32 Å². The van der Waals surface area contributed by atoms with Crippen molar-refractivity contribution in [3.8, 4) is 5.75 Å². The Labute approximate surface area is 127 Å². The second-order valence-electron chi connectivity index (χ2n) is 5.43. The van der Waals surface area contributed by atoms with Gasteiger partial charge in [0.15, 0.2) is 0 Å². The quantitative estimate of drug-likeness (QED) is 0.798. The fourth-order valence-electron chi connectivity index (χ4n) is 2.64. The van der Waals surface area contributed by atoms with Gasteiger partial charge in [-0.05, 0) is 49.8 Å². The van der Waals surface area contributed by atoms with Gasteiger partial charge in [0.1, 0.15) is 5.75 Å². The Bertz CT molecular complexity index is 538. The zero-order valence-corrected chi connectivity index (χ0v) is 12.3. The average Bonchev–Trinajstić information content (AvgIpc) is 2.47. The van der Waals surface area contributed by atoms with E-state index >= 15 is 0 Å². The molecule has 3 N–H and O–H groups in total. The molecule has 0 aliphatic heterocycles. The highest BCUT2D eigenvalue weighted by Gasteiger charge is 2.26. The first kappa shape index (κ1) is 15.6. The Morgan fingerprint density at radius 2 is 1.90 bits per heavy atom. The van der Waals surface area contributed by atoms with Gasteiger partial charge in [-0.25, -0.2) is 0 Å². The van der Waals surface area contributed by atoms with E-state index in [0.29, 0.717) is 24.4 Å². The summed E-state index contributed by atoms with van der Waals surface area (Å²) >= 11 is 5.81. The number of phenolic OH excluding ortho intramolecular Hbond substituents is 1. The van der Waals surface area contributed by atoms with Crippen LogP contribution in [-0.2, 0) is 4.79 Å². The molecule has 114 valence electrons. The van der Waals surface area contributed by atoms with Crippen molar-refractivity contribution in [1.29, 1.82) is 0 Å². The number of carboxylic acids is 1. The highest BCUT2D eigenvalue weighted by Crippen LogP contribution is 2.28. The van der Waals surface area contributed by atoms with Crippen molar-refractivity contribution >= 4 is 23.5 Å². The van der Waals surface area contributed by atoms with E-state index in [-0.39, 0.29) is 29.1 Å². The van der Waals surface area contributed by atoms with Gasteiger partial charge in [0, 0.05) is 11.6 Å². The highest BCUT2D eigenvalue weighted by molar-refractivity contribution is 6.31. The smallest absolute Gasteiger partial charge is 0.306 e. The summed E-state index contributed by atoms with van der Waals surface area (Å²) in [6.07, 6.45) is 2.88. The minimum atomic E-state index is -0.735. The standard InChI is InChI=1S/C15H18ClNO4/c16-11-5-6-13(18)12(7-11)14(19)17-8-9-1-3-10(4-2-9)15(20)21/h5-7,9-10,18H,1-4,8H2,(H,17,19)(H,20,21). The minimum Gasteiger partial charge on any atom is -0.507 e. The van der Waals surface area contributed by atoms with Gasteiger partial charge in [-0.15, -0.1) is 0 Å². The van der Waals surface area contributed by atoms with Gasteiger partial charge in [0.25, 0.3) is 5.91 Å². The van der Waals surface area contributed by atoms with E-state index in [9.17, 15) is 14.7 Å². The van der Waals surface area contributed by atoms with Crippen LogP contribution in [0, 0.1) is 11.8 Å². The number of amides is 1. The van der Waals surface area contributed by atoms with Crippen LogP contribution in [0.2, 0.25) is 5.02 Å². The van der Waals surface area contributed by atoms with E-state index in [0.717, 1.165) is 12.8 Å². The Balaban J connectivity index is 1.85. The molecule has 1 saturated carbocycles. The van der Waals surface area contributed by atoms with Gasteiger partial charge in [-0.3, -0.25) is 9.59 Å². The number of benzene rings is 1. The Kier molecular flexibility index (Phi) is 5.07. The zero-order valence-electron chi connectivity index (χ0n) is 11.5. The van der Waals surface area contributed by atoms with Crippen LogP contribution in [0.1, 0.15) is 36.0 Å². The van der Waals surface area contributed by atoms with E-state index < -0.39 is 5.97 Å². The lowest BCUT2D eigenvalue weighted by Gasteiger charge is -2.26. The maximum Gasteiger partial charge on any atom is 0.306 e. The number of hydrogen-bond donors (Lipinski definition) is 3. The third-order valence-electron chi connectivity index (χ3n) is 3.95. The maximum absolute atomic E-state index is 12.0. The van der Waals surface area contributed by atoms with Crippen molar-refractivity contribution in [2.24, 2.45) is 11.8 Å².